The third-order valence-corrected chi connectivity index (χ3v) is 13.0. The van der Waals surface area contributed by atoms with Crippen LogP contribution in [0.5, 0.6) is 17.2 Å². The maximum Gasteiger partial charge on any atom is 0.312 e. The van der Waals surface area contributed by atoms with Crippen molar-refractivity contribution >= 4 is 34.9 Å². The first-order valence-electron chi connectivity index (χ1n) is 21.4. The summed E-state index contributed by atoms with van der Waals surface area (Å²) >= 11 is 0. The number of esters is 1. The van der Waals surface area contributed by atoms with Gasteiger partial charge in [-0.1, -0.05) is 45.9 Å². The maximum atomic E-state index is 15.1. The van der Waals surface area contributed by atoms with Crippen LogP contribution in [-0.2, 0) is 23.8 Å². The first-order chi connectivity index (χ1) is 30.3. The molecule has 0 unspecified atom stereocenters. The van der Waals surface area contributed by atoms with Gasteiger partial charge in [0.15, 0.2) is 0 Å². The number of piperazine rings is 1. The predicted octanol–water partition coefficient (Wildman–Crippen LogP) is 4.79. The van der Waals surface area contributed by atoms with Crippen LogP contribution in [0.1, 0.15) is 85.1 Å². The highest BCUT2D eigenvalue weighted by molar-refractivity contribution is 6.32. The number of anilines is 1. The zero-order valence-electron chi connectivity index (χ0n) is 38.0. The summed E-state index contributed by atoms with van der Waals surface area (Å²) in [6.07, 6.45) is 3.44. The fraction of sp³-hybridized carbons (Fsp3) is 0.479. The molecule has 0 spiro atoms. The number of aromatic hydroxyl groups is 1. The number of rotatable bonds is 5. The van der Waals surface area contributed by atoms with Crippen LogP contribution in [0.15, 0.2) is 71.8 Å². The average Bonchev–Trinajstić information content (AvgIpc) is 3.54. The second-order valence-corrected chi connectivity index (χ2v) is 17.2. The number of ketones is 3. The molecule has 344 valence electrons. The first-order valence-corrected chi connectivity index (χ1v) is 21.4. The van der Waals surface area contributed by atoms with Crippen LogP contribution in [0.2, 0.25) is 0 Å². The Morgan fingerprint density at radius 3 is 2.09 bits per heavy atom. The number of nitrogens with zero attached hydrogens (tertiary/aromatic N) is 2. The minimum absolute atomic E-state index is 0.000725. The fourth-order valence-electron chi connectivity index (χ4n) is 8.96. The predicted molar refractivity (Wildman–Crippen MR) is 235 cm³/mol. The van der Waals surface area contributed by atoms with Gasteiger partial charge in [0.1, 0.15) is 34.7 Å². The number of phenolic OH excluding ortho intramolecular Hbond substituents is 1. The lowest BCUT2D eigenvalue weighted by Gasteiger charge is -2.39. The molecule has 0 saturated carbocycles. The monoisotopic (exact) mass is 885 g/mol. The molecule has 4 aliphatic heterocycles. The van der Waals surface area contributed by atoms with Crippen molar-refractivity contribution in [2.45, 2.75) is 85.6 Å². The molecule has 2 aromatic carbocycles. The van der Waals surface area contributed by atoms with Crippen LogP contribution in [-0.4, -0.2) is 120 Å². The van der Waals surface area contributed by atoms with E-state index < -0.39 is 94.4 Å². The summed E-state index contributed by atoms with van der Waals surface area (Å²) in [7, 11) is 3.01. The molecule has 5 bridgehead atoms. The molecule has 1 amide bonds. The van der Waals surface area contributed by atoms with Crippen LogP contribution < -0.4 is 19.7 Å². The lowest BCUT2D eigenvalue weighted by molar-refractivity contribution is -0.160. The van der Waals surface area contributed by atoms with Gasteiger partial charge in [-0.25, -0.2) is 0 Å². The van der Waals surface area contributed by atoms with Crippen molar-refractivity contribution in [3.63, 3.8) is 0 Å². The summed E-state index contributed by atoms with van der Waals surface area (Å²) in [6, 6.07) is 7.51. The van der Waals surface area contributed by atoms with Gasteiger partial charge in [-0.15, -0.1) is 0 Å². The van der Waals surface area contributed by atoms with Gasteiger partial charge in [-0.05, 0) is 44.2 Å². The number of ether oxygens (including phenoxy) is 5. The Kier molecular flexibility index (Phi) is 14.1. The molecule has 16 nitrogen and oxygen atoms in total. The number of allylic oxidation sites excluding steroid dienone is 4. The normalized spacial score (nSPS) is 31.1. The summed E-state index contributed by atoms with van der Waals surface area (Å²) in [5, 5.41) is 37.3. The second-order valence-electron chi connectivity index (χ2n) is 17.2. The molecule has 16 heteroatoms. The van der Waals surface area contributed by atoms with Crippen molar-refractivity contribution in [1.29, 1.82) is 0 Å². The molecule has 7 rings (SSSR count). The summed E-state index contributed by atoms with van der Waals surface area (Å²) in [4.78, 5) is 74.5. The van der Waals surface area contributed by atoms with Gasteiger partial charge in [0.2, 0.25) is 11.6 Å². The van der Waals surface area contributed by atoms with E-state index in [1.165, 1.54) is 53.2 Å². The Hall–Kier alpha value is -5.97. The van der Waals surface area contributed by atoms with E-state index in [0.717, 1.165) is 5.69 Å². The molecule has 1 fully saturated rings. The van der Waals surface area contributed by atoms with Gasteiger partial charge < -0.3 is 54.1 Å². The molecule has 9 atom stereocenters. The topological polar surface area (TPSA) is 211 Å². The molecule has 1 saturated heterocycles. The molecule has 0 aromatic heterocycles. The van der Waals surface area contributed by atoms with Crippen LogP contribution in [0, 0.1) is 30.6 Å². The highest BCUT2D eigenvalue weighted by Crippen LogP contribution is 2.49. The van der Waals surface area contributed by atoms with Crippen LogP contribution >= 0.6 is 0 Å². The molecule has 1 aliphatic carbocycles. The largest absolute Gasteiger partial charge is 0.507 e. The lowest BCUT2D eigenvalue weighted by Crippen LogP contribution is -2.50. The van der Waals surface area contributed by atoms with Crippen LogP contribution in [0.25, 0.3) is 0 Å². The minimum Gasteiger partial charge on any atom is -0.507 e. The van der Waals surface area contributed by atoms with Crippen molar-refractivity contribution in [1.82, 2.24) is 10.2 Å². The number of amides is 1. The maximum absolute atomic E-state index is 15.1. The third kappa shape index (κ3) is 8.91. The molecular weight excluding hydrogens is 827 g/mol. The zero-order chi connectivity index (χ0) is 46.9. The Bertz CT molecular complexity index is 2310. The van der Waals surface area contributed by atoms with Crippen molar-refractivity contribution < 1.29 is 63.0 Å². The van der Waals surface area contributed by atoms with Gasteiger partial charge in [-0.2, -0.15) is 0 Å². The molecule has 2 aromatic rings. The highest BCUT2D eigenvalue weighted by atomic mass is 16.7. The number of carbonyl (C=O) groups is 5. The molecule has 64 heavy (non-hydrogen) atoms. The summed E-state index contributed by atoms with van der Waals surface area (Å²) in [5.74, 6) is -8.47. The second kappa shape index (κ2) is 19.0. The number of nitrogens with one attached hydrogen (secondary N) is 1. The Labute approximate surface area is 373 Å². The van der Waals surface area contributed by atoms with Crippen molar-refractivity contribution in [2.75, 3.05) is 45.3 Å². The minimum atomic E-state index is -2.09. The van der Waals surface area contributed by atoms with E-state index in [-0.39, 0.29) is 52.5 Å². The van der Waals surface area contributed by atoms with E-state index in [0.29, 0.717) is 18.8 Å². The van der Waals surface area contributed by atoms with E-state index in [9.17, 15) is 34.5 Å². The highest BCUT2D eigenvalue weighted by Gasteiger charge is 2.53. The number of hydrogen-bond acceptors (Lipinski definition) is 15. The van der Waals surface area contributed by atoms with E-state index in [1.54, 1.807) is 51.9 Å². The SMILES string of the molecule is COc1ccc(N2CCN(C3=C4NC(=O)/C(C)=C\C=C\[C@H](C)[C@H](O)[C@@H](C)[C@H](O)[C@H](C)[C@H](OC(C)=O)[C@H](C)[C@@H](OC)/C=C/O[C@@]5(C)Oc6c(C)c(O)c(c(c6C5=O)C3=O)C4=O)CC2)cc1. The molecule has 4 N–H and O–H groups in total. The Morgan fingerprint density at radius 2 is 1.48 bits per heavy atom. The molecular formula is C48H59N3O13. The number of carbonyl (C=O) groups excluding carboxylic acids is 5. The average molecular weight is 886 g/mol. The first kappa shape index (κ1) is 47.5. The number of Topliss-reactive ketones (excluding diaryl/α,β-unsaturated/α-hetero) is 3. The van der Waals surface area contributed by atoms with Crippen LogP contribution in [0.4, 0.5) is 5.69 Å². The van der Waals surface area contributed by atoms with Gasteiger partial charge in [0.25, 0.3) is 11.7 Å². The molecule has 4 heterocycles. The molecule has 0 radical (unpaired) electrons. The number of aliphatic hydroxyl groups excluding tert-OH is 2. The number of benzene rings is 2. The van der Waals surface area contributed by atoms with Crippen molar-refractivity contribution in [3.8, 4) is 17.2 Å². The van der Waals surface area contributed by atoms with Crippen LogP contribution in [0.3, 0.4) is 0 Å². The Balaban J connectivity index is 1.46. The quantitative estimate of drug-likeness (QED) is 0.298. The van der Waals surface area contributed by atoms with E-state index in [2.05, 4.69) is 10.2 Å². The third-order valence-electron chi connectivity index (χ3n) is 13.0. The summed E-state index contributed by atoms with van der Waals surface area (Å²) in [5.41, 5.74) is -0.540. The van der Waals surface area contributed by atoms with Crippen molar-refractivity contribution in [2.24, 2.45) is 23.7 Å². The number of fused-ring (bicyclic) bond motifs is 14. The van der Waals surface area contributed by atoms with E-state index in [4.69, 9.17) is 23.7 Å². The van der Waals surface area contributed by atoms with E-state index in [1.807, 2.05) is 24.3 Å². The van der Waals surface area contributed by atoms with Gasteiger partial charge in [0, 0.05) is 87.6 Å². The standard InChI is InChI=1S/C48H59N3O13/c1-24-12-11-13-25(2)47(59)49-37-38(51-21-19-50(20-22-51)31-14-16-32(60-9)17-15-31)43(57)34-35(42(37)56)41(55)29(6)45-36(34)46(58)48(8,64-45)62-23-18-33(61-10)26(3)44(63-30(7)52)28(5)40(54)27(4)39(24)53/h11-18,23-24,26-28,33,39-40,44,53-55H,19-22H2,1-10H3,(H,49,59)/b12-11+,23-18+,25-13-/t24-,26+,27+,28-,33-,39-,40-,44+,48-/m0/s1. The van der Waals surface area contributed by atoms with Gasteiger partial charge in [0.05, 0.1) is 48.4 Å². The smallest absolute Gasteiger partial charge is 0.312 e. The molecule has 5 aliphatic rings. The van der Waals surface area contributed by atoms with Crippen molar-refractivity contribution in [3.05, 3.63) is 94.1 Å². The number of aliphatic hydroxyl groups is 2. The summed E-state index contributed by atoms with van der Waals surface area (Å²) < 4.78 is 29.0. The number of phenols is 1. The Morgan fingerprint density at radius 1 is 0.844 bits per heavy atom. The number of hydrogen-bond donors (Lipinski definition) is 4. The summed E-state index contributed by atoms with van der Waals surface area (Å²) in [6.45, 7) is 13.8. The zero-order valence-corrected chi connectivity index (χ0v) is 38.0. The fourth-order valence-corrected chi connectivity index (χ4v) is 8.96. The van der Waals surface area contributed by atoms with E-state index >= 15 is 4.79 Å². The number of methoxy groups -OCH3 is 2. The van der Waals surface area contributed by atoms with Gasteiger partial charge in [-0.3, -0.25) is 24.0 Å². The van der Waals surface area contributed by atoms with Gasteiger partial charge >= 0.3 is 11.8 Å². The lowest BCUT2D eigenvalue weighted by atomic mass is 9.78.